The highest BCUT2D eigenvalue weighted by Gasteiger charge is 2.24. The Labute approximate surface area is 149 Å². The Bertz CT molecular complexity index is 583. The molecule has 1 saturated heterocycles. The van der Waals surface area contributed by atoms with Crippen LogP contribution in [0.15, 0.2) is 24.3 Å². The average Bonchev–Trinajstić information content (AvgIpc) is 3.12. The maximum Gasteiger partial charge on any atom is 0.246 e. The van der Waals surface area contributed by atoms with Crippen LogP contribution >= 0.6 is 0 Å². The van der Waals surface area contributed by atoms with Gasteiger partial charge in [0.2, 0.25) is 11.8 Å². The smallest absolute Gasteiger partial charge is 0.246 e. The number of nitrogens with one attached hydrogen (secondary N) is 2. The number of amides is 2. The molecule has 1 fully saturated rings. The van der Waals surface area contributed by atoms with Crippen LogP contribution in [-0.4, -0.2) is 44.7 Å². The van der Waals surface area contributed by atoms with E-state index in [1.807, 2.05) is 32.0 Å². The lowest BCUT2D eigenvalue weighted by molar-refractivity contribution is -0.132. The summed E-state index contributed by atoms with van der Waals surface area (Å²) in [6.07, 6.45) is 2.42. The molecule has 1 aromatic rings. The first-order valence-electron chi connectivity index (χ1n) is 8.91. The lowest BCUT2D eigenvalue weighted by Crippen LogP contribution is -2.50. The minimum Gasteiger partial charge on any atom is -0.375 e. The maximum atomic E-state index is 12.6. The molecule has 0 bridgehead atoms. The molecule has 0 unspecified atom stereocenters. The van der Waals surface area contributed by atoms with Gasteiger partial charge in [-0.2, -0.15) is 0 Å². The molecule has 1 aromatic carbocycles. The second kappa shape index (κ2) is 9.42. The Morgan fingerprint density at radius 2 is 1.88 bits per heavy atom. The number of carbonyl (C=O) groups excluding carboxylic acids is 2. The van der Waals surface area contributed by atoms with Crippen molar-refractivity contribution in [1.82, 2.24) is 10.6 Å². The van der Waals surface area contributed by atoms with Gasteiger partial charge in [0, 0.05) is 32.4 Å². The van der Waals surface area contributed by atoms with Gasteiger partial charge in [0.15, 0.2) is 0 Å². The van der Waals surface area contributed by atoms with Crippen LogP contribution in [0.2, 0.25) is 0 Å². The summed E-state index contributed by atoms with van der Waals surface area (Å²) in [5.41, 5.74) is 2.29. The molecule has 2 rings (SSSR count). The van der Waals surface area contributed by atoms with Gasteiger partial charge in [0.25, 0.3) is 0 Å². The number of benzene rings is 1. The standard InChI is InChI=1S/C19H29N3O3/c1-14(2)18(21-17(23)13-25-3)19(24)20-12-15-8-4-5-9-16(15)22-10-6-7-11-22/h4-5,8-9,14,18H,6-7,10-13H2,1-3H3,(H,20,24)(H,21,23)/t18-/m1/s1. The number of ether oxygens (including phenoxy) is 1. The maximum absolute atomic E-state index is 12.6. The molecule has 2 amide bonds. The molecule has 2 N–H and O–H groups in total. The zero-order chi connectivity index (χ0) is 18.2. The molecule has 1 heterocycles. The molecule has 25 heavy (non-hydrogen) atoms. The Kier molecular flexibility index (Phi) is 7.25. The topological polar surface area (TPSA) is 70.7 Å². The number of nitrogens with zero attached hydrogens (tertiary/aromatic N) is 1. The zero-order valence-corrected chi connectivity index (χ0v) is 15.4. The lowest BCUT2D eigenvalue weighted by atomic mass is 10.0. The van der Waals surface area contributed by atoms with E-state index >= 15 is 0 Å². The van der Waals surface area contributed by atoms with Gasteiger partial charge in [0.1, 0.15) is 12.6 Å². The van der Waals surface area contributed by atoms with E-state index in [2.05, 4.69) is 21.6 Å². The van der Waals surface area contributed by atoms with Gasteiger partial charge in [-0.3, -0.25) is 9.59 Å². The van der Waals surface area contributed by atoms with Crippen molar-refractivity contribution < 1.29 is 14.3 Å². The number of hydrogen-bond donors (Lipinski definition) is 2. The fourth-order valence-corrected chi connectivity index (χ4v) is 3.10. The summed E-state index contributed by atoms with van der Waals surface area (Å²) in [5, 5.41) is 5.71. The molecule has 0 aromatic heterocycles. The molecule has 0 spiro atoms. The van der Waals surface area contributed by atoms with Crippen LogP contribution in [0.3, 0.4) is 0 Å². The van der Waals surface area contributed by atoms with Crippen LogP contribution in [0, 0.1) is 5.92 Å². The van der Waals surface area contributed by atoms with Crippen LogP contribution in [0.4, 0.5) is 5.69 Å². The first kappa shape index (κ1) is 19.2. The highest BCUT2D eigenvalue weighted by atomic mass is 16.5. The Hall–Kier alpha value is -2.08. The monoisotopic (exact) mass is 347 g/mol. The SMILES string of the molecule is COCC(=O)N[C@@H](C(=O)NCc1ccccc1N1CCCC1)C(C)C. The summed E-state index contributed by atoms with van der Waals surface area (Å²) >= 11 is 0. The van der Waals surface area contributed by atoms with E-state index in [1.54, 1.807) is 0 Å². The summed E-state index contributed by atoms with van der Waals surface area (Å²) in [6.45, 7) is 6.35. The van der Waals surface area contributed by atoms with E-state index in [1.165, 1.54) is 25.6 Å². The molecule has 0 aliphatic carbocycles. The molecular formula is C19H29N3O3. The second-order valence-electron chi connectivity index (χ2n) is 6.76. The average molecular weight is 347 g/mol. The summed E-state index contributed by atoms with van der Waals surface area (Å²) in [4.78, 5) is 26.7. The highest BCUT2D eigenvalue weighted by molar-refractivity contribution is 5.88. The first-order chi connectivity index (χ1) is 12.0. The largest absolute Gasteiger partial charge is 0.375 e. The summed E-state index contributed by atoms with van der Waals surface area (Å²) in [6, 6.07) is 7.60. The van der Waals surface area contributed by atoms with E-state index in [9.17, 15) is 9.59 Å². The predicted molar refractivity (Wildman–Crippen MR) is 98.4 cm³/mol. The Balaban J connectivity index is 1.99. The zero-order valence-electron chi connectivity index (χ0n) is 15.4. The van der Waals surface area contributed by atoms with Crippen molar-refractivity contribution in [2.45, 2.75) is 39.3 Å². The van der Waals surface area contributed by atoms with Crippen LogP contribution in [0.1, 0.15) is 32.3 Å². The number of methoxy groups -OCH3 is 1. The number of para-hydroxylation sites is 1. The van der Waals surface area contributed by atoms with Gasteiger partial charge < -0.3 is 20.3 Å². The van der Waals surface area contributed by atoms with Gasteiger partial charge >= 0.3 is 0 Å². The predicted octanol–water partition coefficient (Wildman–Crippen LogP) is 1.69. The Morgan fingerprint density at radius 3 is 2.52 bits per heavy atom. The second-order valence-corrected chi connectivity index (χ2v) is 6.76. The van der Waals surface area contributed by atoms with E-state index in [0.717, 1.165) is 18.7 Å². The van der Waals surface area contributed by atoms with Crippen molar-refractivity contribution in [3.05, 3.63) is 29.8 Å². The van der Waals surface area contributed by atoms with Crippen LogP contribution in [-0.2, 0) is 20.9 Å². The number of hydrogen-bond acceptors (Lipinski definition) is 4. The van der Waals surface area contributed by atoms with Crippen molar-refractivity contribution in [3.63, 3.8) is 0 Å². The Morgan fingerprint density at radius 1 is 1.20 bits per heavy atom. The van der Waals surface area contributed by atoms with Gasteiger partial charge in [0.05, 0.1) is 0 Å². The van der Waals surface area contributed by atoms with E-state index in [4.69, 9.17) is 4.74 Å². The van der Waals surface area contributed by atoms with Crippen LogP contribution in [0.25, 0.3) is 0 Å². The molecule has 1 aliphatic heterocycles. The first-order valence-corrected chi connectivity index (χ1v) is 8.91. The molecule has 138 valence electrons. The van der Waals surface area contributed by atoms with Gasteiger partial charge in [-0.1, -0.05) is 32.0 Å². The third-order valence-corrected chi connectivity index (χ3v) is 4.43. The quantitative estimate of drug-likeness (QED) is 0.751. The molecule has 0 saturated carbocycles. The molecule has 6 nitrogen and oxygen atoms in total. The van der Waals surface area contributed by atoms with Gasteiger partial charge in [-0.05, 0) is 30.4 Å². The van der Waals surface area contributed by atoms with E-state index in [-0.39, 0.29) is 24.3 Å². The lowest BCUT2D eigenvalue weighted by Gasteiger charge is -2.24. The van der Waals surface area contributed by atoms with Crippen molar-refractivity contribution in [2.75, 3.05) is 31.7 Å². The van der Waals surface area contributed by atoms with Crippen molar-refractivity contribution in [3.8, 4) is 0 Å². The normalized spacial score (nSPS) is 15.3. The summed E-state index contributed by atoms with van der Waals surface area (Å²) in [5.74, 6) is -0.459. The van der Waals surface area contributed by atoms with Gasteiger partial charge in [-0.25, -0.2) is 0 Å². The van der Waals surface area contributed by atoms with Gasteiger partial charge in [-0.15, -0.1) is 0 Å². The van der Waals surface area contributed by atoms with Crippen molar-refractivity contribution >= 4 is 17.5 Å². The van der Waals surface area contributed by atoms with Crippen LogP contribution in [0.5, 0.6) is 0 Å². The number of anilines is 1. The fourth-order valence-electron chi connectivity index (χ4n) is 3.10. The third kappa shape index (κ3) is 5.46. The van der Waals surface area contributed by atoms with E-state index < -0.39 is 6.04 Å². The highest BCUT2D eigenvalue weighted by Crippen LogP contribution is 2.24. The molecular weight excluding hydrogens is 318 g/mol. The summed E-state index contributed by atoms with van der Waals surface area (Å²) < 4.78 is 4.82. The molecule has 1 atom stereocenters. The minimum absolute atomic E-state index is 0.00497. The van der Waals surface area contributed by atoms with Crippen LogP contribution < -0.4 is 15.5 Å². The van der Waals surface area contributed by atoms with Crippen molar-refractivity contribution in [1.29, 1.82) is 0 Å². The fraction of sp³-hybridized carbons (Fsp3) is 0.579. The summed E-state index contributed by atoms with van der Waals surface area (Å²) in [7, 11) is 1.46. The molecule has 1 aliphatic rings. The van der Waals surface area contributed by atoms with Crippen molar-refractivity contribution in [2.24, 2.45) is 5.92 Å². The molecule has 6 heteroatoms. The third-order valence-electron chi connectivity index (χ3n) is 4.43. The number of rotatable bonds is 8. The minimum atomic E-state index is -0.568. The number of carbonyl (C=O) groups is 2. The van der Waals surface area contributed by atoms with E-state index in [0.29, 0.717) is 6.54 Å². The molecule has 0 radical (unpaired) electrons.